The number of carboxylic acid groups (broad SMARTS) is 1. The predicted octanol–water partition coefficient (Wildman–Crippen LogP) is 1.98. The lowest BCUT2D eigenvalue weighted by Gasteiger charge is -2.31. The minimum atomic E-state index is -1.34. The van der Waals surface area contributed by atoms with E-state index in [4.69, 9.17) is 15.2 Å². The third-order valence-corrected chi connectivity index (χ3v) is 6.26. The Morgan fingerprint density at radius 2 is 2.23 bits per heavy atom. The van der Waals surface area contributed by atoms with Crippen molar-refractivity contribution in [1.29, 1.82) is 0 Å². The topological polar surface area (TPSA) is 107 Å². The second-order valence-electron chi connectivity index (χ2n) is 8.54. The van der Waals surface area contributed by atoms with Gasteiger partial charge in [0, 0.05) is 38.5 Å². The monoisotopic (exact) mass is 419 g/mol. The van der Waals surface area contributed by atoms with Crippen LogP contribution in [0.15, 0.2) is 17.1 Å². The average molecular weight is 419 g/mol. The van der Waals surface area contributed by atoms with Crippen LogP contribution in [0.25, 0.3) is 10.9 Å². The number of carbonyl (C=O) groups is 1. The number of methoxy groups -OCH3 is 1. The second-order valence-corrected chi connectivity index (χ2v) is 8.54. The standard InChI is InChI=1S/C21H26FN3O5/c1-11-9-30-19-16-13(18(26)14(20(27)28)8-25(11)16)6-15(22)17(19)24-7-12(4-5-29-3)21(2,23)10-24/h6,8,11-12H,4-5,7,9-10,23H2,1-3H3,(H,27,28)/t11-,12-,21+/m0/s1. The molecule has 30 heavy (non-hydrogen) atoms. The highest BCUT2D eigenvalue weighted by atomic mass is 19.1. The highest BCUT2D eigenvalue weighted by Crippen LogP contribution is 2.44. The first-order valence-electron chi connectivity index (χ1n) is 9.96. The van der Waals surface area contributed by atoms with Crippen molar-refractivity contribution in [2.24, 2.45) is 11.7 Å². The van der Waals surface area contributed by atoms with Crippen LogP contribution in [0.4, 0.5) is 10.1 Å². The van der Waals surface area contributed by atoms with Crippen molar-refractivity contribution >= 4 is 22.6 Å². The highest BCUT2D eigenvalue weighted by Gasteiger charge is 2.42. The van der Waals surface area contributed by atoms with Gasteiger partial charge in [-0.15, -0.1) is 0 Å². The Morgan fingerprint density at radius 3 is 2.90 bits per heavy atom. The van der Waals surface area contributed by atoms with Crippen LogP contribution >= 0.6 is 0 Å². The molecule has 1 aromatic heterocycles. The Kier molecular flexibility index (Phi) is 4.98. The van der Waals surface area contributed by atoms with E-state index in [0.29, 0.717) is 25.2 Å². The molecule has 2 aromatic rings. The van der Waals surface area contributed by atoms with E-state index in [9.17, 15) is 14.7 Å². The lowest BCUT2D eigenvalue weighted by atomic mass is 9.88. The van der Waals surface area contributed by atoms with Crippen LogP contribution in [0.1, 0.15) is 36.7 Å². The van der Waals surface area contributed by atoms with E-state index in [2.05, 4.69) is 0 Å². The van der Waals surface area contributed by atoms with E-state index in [0.717, 1.165) is 12.5 Å². The smallest absolute Gasteiger partial charge is 0.341 e. The number of nitrogens with two attached hydrogens (primary N) is 1. The number of ether oxygens (including phenoxy) is 2. The van der Waals surface area contributed by atoms with Crippen LogP contribution in [0.5, 0.6) is 5.75 Å². The van der Waals surface area contributed by atoms with Gasteiger partial charge in [-0.25, -0.2) is 9.18 Å². The molecule has 9 heteroatoms. The Bertz CT molecular complexity index is 1080. The summed E-state index contributed by atoms with van der Waals surface area (Å²) in [4.78, 5) is 26.1. The van der Waals surface area contributed by atoms with Crippen LogP contribution in [-0.4, -0.2) is 54.6 Å². The van der Waals surface area contributed by atoms with Crippen molar-refractivity contribution in [3.05, 3.63) is 33.9 Å². The number of hydrogen-bond donors (Lipinski definition) is 2. The summed E-state index contributed by atoms with van der Waals surface area (Å²) in [6.45, 7) is 5.55. The number of halogens is 1. The molecule has 1 aromatic carbocycles. The maximum atomic E-state index is 15.3. The van der Waals surface area contributed by atoms with Gasteiger partial charge in [-0.05, 0) is 32.3 Å². The van der Waals surface area contributed by atoms with Gasteiger partial charge in [-0.3, -0.25) is 4.79 Å². The molecule has 0 unspecified atom stereocenters. The number of nitrogens with zero attached hydrogens (tertiary/aromatic N) is 2. The lowest BCUT2D eigenvalue weighted by molar-refractivity contribution is 0.0694. The van der Waals surface area contributed by atoms with Gasteiger partial charge >= 0.3 is 5.97 Å². The molecule has 0 radical (unpaired) electrons. The van der Waals surface area contributed by atoms with E-state index < -0.39 is 22.8 Å². The molecule has 0 amide bonds. The zero-order valence-corrected chi connectivity index (χ0v) is 17.3. The van der Waals surface area contributed by atoms with Crippen molar-refractivity contribution < 1.29 is 23.8 Å². The fraction of sp³-hybridized carbons (Fsp3) is 0.524. The number of hydrogen-bond acceptors (Lipinski definition) is 6. The Morgan fingerprint density at radius 1 is 1.50 bits per heavy atom. The zero-order valence-electron chi connectivity index (χ0n) is 17.3. The van der Waals surface area contributed by atoms with Crippen LogP contribution < -0.4 is 20.8 Å². The van der Waals surface area contributed by atoms with Crippen LogP contribution in [0.2, 0.25) is 0 Å². The molecule has 0 spiro atoms. The molecule has 1 saturated heterocycles. The number of aromatic carboxylic acids is 1. The van der Waals surface area contributed by atoms with E-state index in [-0.39, 0.29) is 41.0 Å². The molecular weight excluding hydrogens is 393 g/mol. The van der Waals surface area contributed by atoms with Gasteiger partial charge in [0.05, 0.1) is 16.9 Å². The molecule has 162 valence electrons. The number of pyridine rings is 1. The van der Waals surface area contributed by atoms with Crippen molar-refractivity contribution in [2.45, 2.75) is 31.8 Å². The minimum Gasteiger partial charge on any atom is -0.487 e. The largest absolute Gasteiger partial charge is 0.487 e. The van der Waals surface area contributed by atoms with Crippen molar-refractivity contribution in [2.75, 3.05) is 38.3 Å². The normalized spacial score (nSPS) is 25.6. The summed E-state index contributed by atoms with van der Waals surface area (Å²) in [5.74, 6) is -1.60. The summed E-state index contributed by atoms with van der Waals surface area (Å²) >= 11 is 0. The molecular formula is C21H26FN3O5. The van der Waals surface area contributed by atoms with Crippen molar-refractivity contribution in [1.82, 2.24) is 4.57 Å². The van der Waals surface area contributed by atoms with Crippen LogP contribution in [0, 0.1) is 11.7 Å². The van der Waals surface area contributed by atoms with Crippen molar-refractivity contribution in [3.63, 3.8) is 0 Å². The van der Waals surface area contributed by atoms with Gasteiger partial charge in [-0.2, -0.15) is 0 Å². The third kappa shape index (κ3) is 3.13. The molecule has 3 atom stereocenters. The maximum absolute atomic E-state index is 15.3. The van der Waals surface area contributed by atoms with Crippen molar-refractivity contribution in [3.8, 4) is 5.75 Å². The summed E-state index contributed by atoms with van der Waals surface area (Å²) < 4.78 is 28.1. The Balaban J connectivity index is 1.90. The first-order chi connectivity index (χ1) is 14.2. The Hall–Kier alpha value is -2.65. The first kappa shape index (κ1) is 20.6. The predicted molar refractivity (Wildman–Crippen MR) is 110 cm³/mol. The molecule has 0 aliphatic carbocycles. The SMILES string of the molecule is COCC[C@H]1CN(c2c(F)cc3c(=O)c(C(=O)O)cn4c3c2OC[C@@H]4C)C[C@@]1(C)N. The number of carboxylic acids is 1. The molecule has 4 rings (SSSR count). The number of anilines is 1. The van der Waals surface area contributed by atoms with E-state index in [1.54, 1.807) is 11.7 Å². The van der Waals surface area contributed by atoms with E-state index in [1.807, 2.05) is 18.7 Å². The fourth-order valence-electron chi connectivity index (χ4n) is 4.59. The van der Waals surface area contributed by atoms with Gasteiger partial charge in [-0.1, -0.05) is 0 Å². The number of rotatable bonds is 5. The summed E-state index contributed by atoms with van der Waals surface area (Å²) in [5.41, 5.74) is 5.54. The Labute approximate surface area is 173 Å². The molecule has 8 nitrogen and oxygen atoms in total. The zero-order chi connectivity index (χ0) is 21.8. The van der Waals surface area contributed by atoms with E-state index >= 15 is 4.39 Å². The van der Waals surface area contributed by atoms with Crippen LogP contribution in [-0.2, 0) is 4.74 Å². The molecule has 3 heterocycles. The highest BCUT2D eigenvalue weighted by molar-refractivity contribution is 5.97. The summed E-state index contributed by atoms with van der Waals surface area (Å²) in [6, 6.07) is 0.918. The molecule has 3 N–H and O–H groups in total. The van der Waals surface area contributed by atoms with E-state index in [1.165, 1.54) is 6.20 Å². The van der Waals surface area contributed by atoms with Gasteiger partial charge in [0.25, 0.3) is 0 Å². The molecule has 0 bridgehead atoms. The minimum absolute atomic E-state index is 0.00309. The number of benzene rings is 1. The van der Waals surface area contributed by atoms with Gasteiger partial charge in [0.15, 0.2) is 11.6 Å². The molecule has 1 fully saturated rings. The fourth-order valence-corrected chi connectivity index (χ4v) is 4.59. The third-order valence-electron chi connectivity index (χ3n) is 6.26. The molecule has 2 aliphatic heterocycles. The first-order valence-corrected chi connectivity index (χ1v) is 9.96. The lowest BCUT2D eigenvalue weighted by Crippen LogP contribution is -2.45. The maximum Gasteiger partial charge on any atom is 0.341 e. The molecule has 0 saturated carbocycles. The summed E-state index contributed by atoms with van der Waals surface area (Å²) in [7, 11) is 1.63. The average Bonchev–Trinajstić information content (AvgIpc) is 2.97. The second kappa shape index (κ2) is 7.24. The van der Waals surface area contributed by atoms with Gasteiger partial charge < -0.3 is 29.8 Å². The quantitative estimate of drug-likeness (QED) is 0.763. The summed E-state index contributed by atoms with van der Waals surface area (Å²) in [6.07, 6.45) is 2.07. The molecule has 2 aliphatic rings. The summed E-state index contributed by atoms with van der Waals surface area (Å²) in [5, 5.41) is 9.41. The van der Waals surface area contributed by atoms with Gasteiger partial charge in [0.1, 0.15) is 17.9 Å². The van der Waals surface area contributed by atoms with Gasteiger partial charge in [0.2, 0.25) is 5.43 Å². The number of aromatic nitrogens is 1. The van der Waals surface area contributed by atoms with Crippen LogP contribution in [0.3, 0.4) is 0 Å².